The molecule has 2 unspecified atom stereocenters. The number of sulfonamides is 1. The van der Waals surface area contributed by atoms with Crippen LogP contribution in [0.5, 0.6) is 0 Å². The van der Waals surface area contributed by atoms with Gasteiger partial charge in [0.1, 0.15) is 0 Å². The Hall–Kier alpha value is -2.75. The monoisotopic (exact) mass is 528 g/mol. The first kappa shape index (κ1) is 26.3. The van der Waals surface area contributed by atoms with Crippen molar-refractivity contribution in [3.63, 3.8) is 0 Å². The second-order valence-electron chi connectivity index (χ2n) is 9.74. The van der Waals surface area contributed by atoms with Crippen LogP contribution in [0.1, 0.15) is 57.2 Å². The normalized spacial score (nSPS) is 18.8. The van der Waals surface area contributed by atoms with Gasteiger partial charge < -0.3 is 9.30 Å². The van der Waals surface area contributed by atoms with E-state index in [0.717, 1.165) is 17.8 Å². The average Bonchev–Trinajstić information content (AvgIpc) is 3.45. The van der Waals surface area contributed by atoms with E-state index in [4.69, 9.17) is 4.74 Å². The lowest BCUT2D eigenvalue weighted by molar-refractivity contribution is 0.0474. The number of carbonyl (C=O) groups excluding carboxylic acids is 2. The van der Waals surface area contributed by atoms with Crippen LogP contribution in [0.15, 0.2) is 52.7 Å². The van der Waals surface area contributed by atoms with Gasteiger partial charge in [0.25, 0.3) is 0 Å². The van der Waals surface area contributed by atoms with E-state index < -0.39 is 16.0 Å². The maximum atomic E-state index is 13.1. The van der Waals surface area contributed by atoms with Crippen molar-refractivity contribution in [3.05, 3.63) is 75.2 Å². The minimum atomic E-state index is -3.63. The molecule has 2 aromatic heterocycles. The molecule has 36 heavy (non-hydrogen) atoms. The van der Waals surface area contributed by atoms with Crippen LogP contribution in [0.2, 0.25) is 0 Å². The highest BCUT2D eigenvalue weighted by atomic mass is 32.2. The molecule has 1 saturated heterocycles. The van der Waals surface area contributed by atoms with Gasteiger partial charge in [0.2, 0.25) is 15.8 Å². The molecule has 1 aliphatic rings. The summed E-state index contributed by atoms with van der Waals surface area (Å²) in [4.78, 5) is 26.7. The molecule has 0 radical (unpaired) electrons. The molecule has 0 spiro atoms. The molecule has 2 atom stereocenters. The van der Waals surface area contributed by atoms with Gasteiger partial charge in [-0.15, -0.1) is 11.3 Å². The number of aryl methyl sites for hydroxylation is 1. The minimum absolute atomic E-state index is 0.148. The highest BCUT2D eigenvalue weighted by molar-refractivity contribution is 7.89. The van der Waals surface area contributed by atoms with E-state index in [1.54, 1.807) is 11.3 Å². The predicted octanol–water partition coefficient (Wildman–Crippen LogP) is 4.92. The van der Waals surface area contributed by atoms with Crippen molar-refractivity contribution in [2.45, 2.75) is 45.6 Å². The number of benzene rings is 1. The number of ketones is 1. The number of hydrogen-bond donors (Lipinski definition) is 0. The molecule has 1 aliphatic heterocycles. The van der Waals surface area contributed by atoms with Crippen LogP contribution in [-0.4, -0.2) is 48.7 Å². The molecule has 192 valence electrons. The van der Waals surface area contributed by atoms with Crippen molar-refractivity contribution >= 4 is 33.1 Å². The Morgan fingerprint density at radius 1 is 1.06 bits per heavy atom. The average molecular weight is 529 g/mol. The molecule has 1 fully saturated rings. The number of rotatable bonds is 8. The fraction of sp³-hybridized carbons (Fsp3) is 0.407. The van der Waals surface area contributed by atoms with E-state index >= 15 is 0 Å². The van der Waals surface area contributed by atoms with Gasteiger partial charge in [0.05, 0.1) is 17.0 Å². The predicted molar refractivity (Wildman–Crippen MR) is 140 cm³/mol. The minimum Gasteiger partial charge on any atom is -0.454 e. The summed E-state index contributed by atoms with van der Waals surface area (Å²) in [6.45, 7) is 9.24. The summed E-state index contributed by atoms with van der Waals surface area (Å²) in [6, 6.07) is 11.6. The molecular weight excluding hydrogens is 496 g/mol. The van der Waals surface area contributed by atoms with Gasteiger partial charge in [-0.1, -0.05) is 19.9 Å². The zero-order chi connectivity index (χ0) is 26.0. The summed E-state index contributed by atoms with van der Waals surface area (Å²) in [7, 11) is -3.63. The van der Waals surface area contributed by atoms with Gasteiger partial charge in [-0.3, -0.25) is 4.79 Å². The highest BCUT2D eigenvalue weighted by Gasteiger charge is 2.31. The lowest BCUT2D eigenvalue weighted by atomic mass is 9.94. The largest absolute Gasteiger partial charge is 0.454 e. The molecular formula is C27H32N2O5S2. The summed E-state index contributed by atoms with van der Waals surface area (Å²) < 4.78 is 35.0. The van der Waals surface area contributed by atoms with Crippen molar-refractivity contribution < 1.29 is 22.7 Å². The Kier molecular flexibility index (Phi) is 7.82. The number of Topliss-reactive ketones (excluding diaryl/α,β-unsaturated/α-hetero) is 1. The third-order valence-electron chi connectivity index (χ3n) is 6.67. The van der Waals surface area contributed by atoms with Crippen molar-refractivity contribution in [2.24, 2.45) is 11.8 Å². The van der Waals surface area contributed by atoms with Crippen LogP contribution in [-0.2, 0) is 21.3 Å². The van der Waals surface area contributed by atoms with E-state index in [-0.39, 0.29) is 22.8 Å². The van der Waals surface area contributed by atoms with Crippen molar-refractivity contribution in [3.8, 4) is 0 Å². The SMILES string of the molecule is Cc1cc(C(=O)COC(=O)c2ccc(S(=O)(=O)N3CC(C)CC(C)C3)cc2)c(C)n1Cc1cccs1. The molecule has 0 saturated carbocycles. The number of hydrogen-bond acceptors (Lipinski definition) is 6. The van der Waals surface area contributed by atoms with Crippen LogP contribution in [0.3, 0.4) is 0 Å². The molecule has 7 nitrogen and oxygen atoms in total. The van der Waals surface area contributed by atoms with Crippen LogP contribution in [0.25, 0.3) is 0 Å². The van der Waals surface area contributed by atoms with Gasteiger partial charge in [-0.25, -0.2) is 13.2 Å². The summed E-state index contributed by atoms with van der Waals surface area (Å²) in [5.41, 5.74) is 2.52. The summed E-state index contributed by atoms with van der Waals surface area (Å²) >= 11 is 1.66. The Morgan fingerprint density at radius 3 is 2.33 bits per heavy atom. The molecule has 3 aromatic rings. The Morgan fingerprint density at radius 2 is 1.72 bits per heavy atom. The van der Waals surface area contributed by atoms with Gasteiger partial charge in [-0.05, 0) is 73.9 Å². The van der Waals surface area contributed by atoms with E-state index in [2.05, 4.69) is 24.5 Å². The zero-order valence-corrected chi connectivity index (χ0v) is 22.7. The van der Waals surface area contributed by atoms with Crippen molar-refractivity contribution in [1.82, 2.24) is 8.87 Å². The molecule has 3 heterocycles. The number of ether oxygens (including phenoxy) is 1. The number of aromatic nitrogens is 1. The molecule has 0 N–H and O–H groups in total. The Labute approximate surface area is 216 Å². The van der Waals surface area contributed by atoms with E-state index in [1.165, 1.54) is 33.4 Å². The van der Waals surface area contributed by atoms with Crippen LogP contribution < -0.4 is 0 Å². The van der Waals surface area contributed by atoms with Gasteiger partial charge >= 0.3 is 5.97 Å². The standard InChI is InChI=1S/C27H32N2O5S2/c1-18-12-19(2)15-28(14-18)36(32,33)24-9-7-22(8-10-24)27(31)34-17-26(30)25-13-20(3)29(21(25)4)16-23-6-5-11-35-23/h5-11,13,18-19H,12,14-17H2,1-4H3. The van der Waals surface area contributed by atoms with Crippen molar-refractivity contribution in [1.29, 1.82) is 0 Å². The van der Waals surface area contributed by atoms with E-state index in [1.807, 2.05) is 31.4 Å². The highest BCUT2D eigenvalue weighted by Crippen LogP contribution is 2.27. The third-order valence-corrected chi connectivity index (χ3v) is 9.37. The fourth-order valence-corrected chi connectivity index (χ4v) is 7.26. The number of nitrogens with zero attached hydrogens (tertiary/aromatic N) is 2. The Bertz CT molecular complexity index is 1330. The topological polar surface area (TPSA) is 85.7 Å². The second kappa shape index (κ2) is 10.7. The summed E-state index contributed by atoms with van der Waals surface area (Å²) in [5, 5.41) is 2.02. The zero-order valence-electron chi connectivity index (χ0n) is 21.1. The van der Waals surface area contributed by atoms with Crippen LogP contribution in [0, 0.1) is 25.7 Å². The first-order valence-electron chi connectivity index (χ1n) is 12.1. The van der Waals surface area contributed by atoms with Crippen LogP contribution >= 0.6 is 11.3 Å². The number of carbonyl (C=O) groups is 2. The quantitative estimate of drug-likeness (QED) is 0.306. The molecule has 0 bridgehead atoms. The lowest BCUT2D eigenvalue weighted by Crippen LogP contribution is -2.42. The maximum Gasteiger partial charge on any atom is 0.338 e. The van der Waals surface area contributed by atoms with Gasteiger partial charge in [0, 0.05) is 34.9 Å². The second-order valence-corrected chi connectivity index (χ2v) is 12.7. The number of thiophene rings is 1. The van der Waals surface area contributed by atoms with Gasteiger partial charge in [-0.2, -0.15) is 4.31 Å². The number of esters is 1. The van der Waals surface area contributed by atoms with Crippen LogP contribution in [0.4, 0.5) is 0 Å². The molecule has 0 amide bonds. The Balaban J connectivity index is 1.39. The smallest absolute Gasteiger partial charge is 0.338 e. The summed E-state index contributed by atoms with van der Waals surface area (Å²) in [5.74, 6) is -0.341. The lowest BCUT2D eigenvalue weighted by Gasteiger charge is -2.34. The number of piperidine rings is 1. The van der Waals surface area contributed by atoms with Gasteiger partial charge in [0.15, 0.2) is 6.61 Å². The molecule has 1 aromatic carbocycles. The first-order valence-corrected chi connectivity index (χ1v) is 14.4. The third kappa shape index (κ3) is 5.63. The van der Waals surface area contributed by atoms with E-state index in [9.17, 15) is 18.0 Å². The van der Waals surface area contributed by atoms with Crippen molar-refractivity contribution in [2.75, 3.05) is 19.7 Å². The summed E-state index contributed by atoms with van der Waals surface area (Å²) in [6.07, 6.45) is 1.01. The molecule has 9 heteroatoms. The molecule has 4 rings (SSSR count). The van der Waals surface area contributed by atoms with E-state index in [0.29, 0.717) is 37.0 Å². The maximum absolute atomic E-state index is 13.1. The first-order chi connectivity index (χ1) is 17.1. The fourth-order valence-electron chi connectivity index (χ4n) is 4.89. The molecule has 0 aliphatic carbocycles.